The summed E-state index contributed by atoms with van der Waals surface area (Å²) in [7, 11) is 2.01. The highest BCUT2D eigenvalue weighted by Crippen LogP contribution is 2.30. The van der Waals surface area contributed by atoms with Gasteiger partial charge in [-0.1, -0.05) is 26.8 Å². The van der Waals surface area contributed by atoms with E-state index < -0.39 is 29.0 Å². The number of carbonyl (C=O) groups is 2. The molecule has 0 saturated carbocycles. The van der Waals surface area contributed by atoms with E-state index in [0.717, 1.165) is 31.6 Å². The highest BCUT2D eigenvalue weighted by molar-refractivity contribution is 6.01. The zero-order valence-electron chi connectivity index (χ0n) is 21.6. The van der Waals surface area contributed by atoms with Crippen molar-refractivity contribution in [3.63, 3.8) is 0 Å². The van der Waals surface area contributed by atoms with Crippen LogP contribution in [0.25, 0.3) is 0 Å². The number of nitrogens with one attached hydrogen (secondary N) is 2. The van der Waals surface area contributed by atoms with Gasteiger partial charge in [-0.15, -0.1) is 0 Å². The Bertz CT molecular complexity index is 979. The molecule has 3 N–H and O–H groups in total. The molecule has 7 nitrogen and oxygen atoms in total. The molecule has 3 rings (SSSR count). The second-order valence-electron chi connectivity index (χ2n) is 8.11. The van der Waals surface area contributed by atoms with Gasteiger partial charge in [-0.2, -0.15) is 0 Å². The summed E-state index contributed by atoms with van der Waals surface area (Å²) in [5.74, 6) is -3.60. The lowest BCUT2D eigenvalue weighted by Gasteiger charge is -2.39. The molecule has 1 aliphatic heterocycles. The molecule has 36 heavy (non-hydrogen) atoms. The number of aliphatic hydroxyl groups excluding tert-OH is 1. The summed E-state index contributed by atoms with van der Waals surface area (Å²) in [6, 6.07) is 6.06. The van der Waals surface area contributed by atoms with E-state index in [1.807, 2.05) is 20.9 Å². The van der Waals surface area contributed by atoms with Crippen molar-refractivity contribution in [1.29, 1.82) is 0 Å². The molecule has 0 radical (unpaired) electrons. The molecule has 0 bridgehead atoms. The summed E-state index contributed by atoms with van der Waals surface area (Å²) in [5, 5.41) is 13.4. The van der Waals surface area contributed by atoms with Crippen molar-refractivity contribution < 1.29 is 27.9 Å². The van der Waals surface area contributed by atoms with Gasteiger partial charge in [0, 0.05) is 19.6 Å². The Morgan fingerprint density at radius 1 is 1.14 bits per heavy atom. The first kappa shape index (κ1) is 30.9. The fourth-order valence-corrected chi connectivity index (χ4v) is 3.39. The second-order valence-corrected chi connectivity index (χ2v) is 8.11. The summed E-state index contributed by atoms with van der Waals surface area (Å²) in [5.41, 5.74) is 0.0506. The highest BCUT2D eigenvalue weighted by atomic mass is 19.2. The van der Waals surface area contributed by atoms with E-state index in [9.17, 15) is 22.8 Å². The number of halogens is 3. The van der Waals surface area contributed by atoms with Crippen molar-refractivity contribution in [2.75, 3.05) is 45.2 Å². The predicted octanol–water partition coefficient (Wildman–Crippen LogP) is 4.07. The van der Waals surface area contributed by atoms with E-state index in [0.29, 0.717) is 12.0 Å². The largest absolute Gasteiger partial charge is 0.395 e. The Morgan fingerprint density at radius 3 is 2.36 bits per heavy atom. The molecule has 2 aromatic rings. The fourth-order valence-electron chi connectivity index (χ4n) is 3.39. The van der Waals surface area contributed by atoms with E-state index in [4.69, 9.17) is 5.11 Å². The number of carbonyl (C=O) groups excluding carboxylic acids is 2. The molecule has 0 aromatic heterocycles. The number of amides is 2. The maximum atomic E-state index is 14.3. The summed E-state index contributed by atoms with van der Waals surface area (Å²) < 4.78 is 42.0. The number of aliphatic hydroxyl groups is 1. The maximum Gasteiger partial charge on any atom is 0.256 e. The lowest BCUT2D eigenvalue weighted by Crippen LogP contribution is -2.59. The molecule has 0 atom stereocenters. The number of aryl methyl sites for hydroxylation is 1. The third kappa shape index (κ3) is 8.83. The molecule has 0 spiro atoms. The fraction of sp³-hybridized carbons (Fsp3) is 0.462. The minimum Gasteiger partial charge on any atom is -0.395 e. The van der Waals surface area contributed by atoms with Gasteiger partial charge in [0.05, 0.1) is 29.6 Å². The molecule has 1 fully saturated rings. The molecular weight excluding hydrogens is 473 g/mol. The number of rotatable bonds is 9. The molecule has 1 saturated heterocycles. The molecule has 1 aliphatic rings. The van der Waals surface area contributed by atoms with Crippen molar-refractivity contribution in [3.8, 4) is 0 Å². The molecule has 2 amide bonds. The average molecular weight is 511 g/mol. The Balaban J connectivity index is 0.000000554. The van der Waals surface area contributed by atoms with Crippen LogP contribution in [0.2, 0.25) is 0 Å². The van der Waals surface area contributed by atoms with Gasteiger partial charge in [0.15, 0.2) is 11.6 Å². The van der Waals surface area contributed by atoms with E-state index in [-0.39, 0.29) is 37.0 Å². The number of likely N-dealkylation sites (N-methyl/N-ethyl adjacent to an activating group) is 1. The van der Waals surface area contributed by atoms with E-state index >= 15 is 0 Å². The molecule has 2 aromatic carbocycles. The van der Waals surface area contributed by atoms with Crippen molar-refractivity contribution in [2.45, 2.75) is 40.2 Å². The van der Waals surface area contributed by atoms with Crippen LogP contribution >= 0.6 is 0 Å². The van der Waals surface area contributed by atoms with Crippen LogP contribution in [-0.2, 0) is 4.79 Å². The van der Waals surface area contributed by atoms with Gasteiger partial charge in [0.2, 0.25) is 6.41 Å². The zero-order chi connectivity index (χ0) is 27.3. The monoisotopic (exact) mass is 510 g/mol. The number of hydrogen-bond donors (Lipinski definition) is 3. The van der Waals surface area contributed by atoms with Crippen LogP contribution in [0.1, 0.15) is 43.1 Å². The van der Waals surface area contributed by atoms with E-state index in [2.05, 4.69) is 22.5 Å². The Labute approximate surface area is 211 Å². The third-order valence-corrected chi connectivity index (χ3v) is 5.27. The maximum absolute atomic E-state index is 14.3. The predicted molar refractivity (Wildman–Crippen MR) is 136 cm³/mol. The van der Waals surface area contributed by atoms with Gasteiger partial charge in [0.1, 0.15) is 5.82 Å². The van der Waals surface area contributed by atoms with E-state index in [1.165, 1.54) is 17.0 Å². The van der Waals surface area contributed by atoms with Crippen molar-refractivity contribution in [2.24, 2.45) is 0 Å². The van der Waals surface area contributed by atoms with Crippen molar-refractivity contribution in [3.05, 3.63) is 58.9 Å². The van der Waals surface area contributed by atoms with Gasteiger partial charge in [-0.25, -0.2) is 13.2 Å². The van der Waals surface area contributed by atoms with Crippen molar-refractivity contribution in [1.82, 2.24) is 15.1 Å². The molecule has 0 unspecified atom stereocenters. The molecular formula is C26H37F3N4O3. The second kappa shape index (κ2) is 15.8. The van der Waals surface area contributed by atoms with Crippen LogP contribution in [0.15, 0.2) is 30.3 Å². The highest BCUT2D eigenvalue weighted by Gasteiger charge is 2.33. The number of nitrogens with zero attached hydrogens (tertiary/aromatic N) is 2. The van der Waals surface area contributed by atoms with Crippen LogP contribution in [-0.4, -0.2) is 73.1 Å². The first-order valence-corrected chi connectivity index (χ1v) is 12.0. The molecule has 0 aliphatic carbocycles. The van der Waals surface area contributed by atoms with Gasteiger partial charge in [-0.05, 0) is 56.8 Å². The van der Waals surface area contributed by atoms with Crippen LogP contribution in [0, 0.1) is 24.4 Å². The normalized spacial score (nSPS) is 12.6. The Hall–Kier alpha value is -3.11. The van der Waals surface area contributed by atoms with Gasteiger partial charge in [-0.3, -0.25) is 9.59 Å². The number of benzene rings is 2. The Kier molecular flexibility index (Phi) is 13.6. The SMILES string of the molecule is CC.CCCN(C)CCO.Cc1ccc(Nc2c(C(=O)N3CC(NC=O)C3)ccc(F)c2F)c(F)c1. The summed E-state index contributed by atoms with van der Waals surface area (Å²) in [6.45, 7) is 10.5. The van der Waals surface area contributed by atoms with Crippen LogP contribution in [0.5, 0.6) is 0 Å². The van der Waals surface area contributed by atoms with Crippen LogP contribution in [0.3, 0.4) is 0 Å². The first-order chi connectivity index (χ1) is 17.2. The molecule has 200 valence electrons. The van der Waals surface area contributed by atoms with E-state index in [1.54, 1.807) is 13.0 Å². The van der Waals surface area contributed by atoms with Crippen molar-refractivity contribution >= 4 is 23.7 Å². The summed E-state index contributed by atoms with van der Waals surface area (Å²) in [6.07, 6.45) is 1.70. The van der Waals surface area contributed by atoms with Gasteiger partial charge >= 0.3 is 0 Å². The first-order valence-electron chi connectivity index (χ1n) is 12.0. The summed E-state index contributed by atoms with van der Waals surface area (Å²) in [4.78, 5) is 26.5. The standard InChI is InChI=1S/C18H16F3N3O2.C6H15NO.C2H6/c1-10-2-5-15(14(20)6-10)23-17-12(3-4-13(19)16(17)21)18(26)24-7-11(8-24)22-9-25;1-3-4-7(2)5-6-8;1-2/h2-6,9,11,23H,7-8H2,1H3,(H,22,25);8H,3-6H2,1-2H3;1-2H3. The van der Waals surface area contributed by atoms with Gasteiger partial charge in [0.25, 0.3) is 5.91 Å². The minimum atomic E-state index is -1.26. The minimum absolute atomic E-state index is 0.0711. The van der Waals surface area contributed by atoms with Crippen LogP contribution < -0.4 is 10.6 Å². The Morgan fingerprint density at radius 2 is 1.81 bits per heavy atom. The lowest BCUT2D eigenvalue weighted by molar-refractivity contribution is -0.111. The molecule has 10 heteroatoms. The average Bonchev–Trinajstić information content (AvgIpc) is 2.82. The smallest absolute Gasteiger partial charge is 0.256 e. The topological polar surface area (TPSA) is 84.9 Å². The summed E-state index contributed by atoms with van der Waals surface area (Å²) >= 11 is 0. The number of hydrogen-bond acceptors (Lipinski definition) is 5. The quantitative estimate of drug-likeness (QED) is 0.443. The lowest BCUT2D eigenvalue weighted by atomic mass is 10.0. The third-order valence-electron chi connectivity index (χ3n) is 5.27. The number of likely N-dealkylation sites (tertiary alicyclic amines) is 1. The van der Waals surface area contributed by atoms with Crippen LogP contribution in [0.4, 0.5) is 24.5 Å². The van der Waals surface area contributed by atoms with Gasteiger partial charge < -0.3 is 25.5 Å². The number of anilines is 2. The zero-order valence-corrected chi connectivity index (χ0v) is 21.6. The molecule has 1 heterocycles.